The molecule has 160 valence electrons. The smallest absolute Gasteiger partial charge is 0.270 e. The maximum atomic E-state index is 13.0. The molecule has 1 aromatic rings. The zero-order valence-corrected chi connectivity index (χ0v) is 19.5. The van der Waals surface area contributed by atoms with Gasteiger partial charge in [-0.15, -0.1) is 0 Å². The third-order valence-corrected chi connectivity index (χ3v) is 7.14. The molecule has 30 heavy (non-hydrogen) atoms. The van der Waals surface area contributed by atoms with Crippen molar-refractivity contribution < 1.29 is 4.79 Å². The molecule has 0 atom stereocenters. The largest absolute Gasteiger partial charge is 0.357 e. The summed E-state index contributed by atoms with van der Waals surface area (Å²) in [5.41, 5.74) is 1.23. The Labute approximate surface area is 187 Å². The number of carbonyl (C=O) groups excluding carboxylic acids is 1. The van der Waals surface area contributed by atoms with Crippen LogP contribution in [0.5, 0.6) is 0 Å². The van der Waals surface area contributed by atoms with Crippen LogP contribution in [0.3, 0.4) is 0 Å². The van der Waals surface area contributed by atoms with E-state index in [0.717, 1.165) is 56.6 Å². The molecule has 0 aliphatic carbocycles. The van der Waals surface area contributed by atoms with Crippen LogP contribution in [0.4, 0.5) is 5.82 Å². The highest BCUT2D eigenvalue weighted by molar-refractivity contribution is 8.26. The number of pyridine rings is 1. The topological polar surface area (TPSA) is 69.3 Å². The van der Waals surface area contributed by atoms with Crippen molar-refractivity contribution in [3.63, 3.8) is 0 Å². The van der Waals surface area contributed by atoms with Gasteiger partial charge in [-0.05, 0) is 44.2 Å². The number of hydrogen-bond acceptors (Lipinski definition) is 6. The van der Waals surface area contributed by atoms with Gasteiger partial charge in [-0.2, -0.15) is 5.26 Å². The lowest BCUT2D eigenvalue weighted by atomic mass is 10.0. The molecule has 3 heterocycles. The molecule has 6 nitrogen and oxygen atoms in total. The van der Waals surface area contributed by atoms with Crippen LogP contribution in [0.15, 0.2) is 9.70 Å². The molecule has 0 radical (unpaired) electrons. The van der Waals surface area contributed by atoms with Crippen molar-refractivity contribution in [3.8, 4) is 6.07 Å². The van der Waals surface area contributed by atoms with Gasteiger partial charge in [0.25, 0.3) is 11.5 Å². The number of nitriles is 1. The summed E-state index contributed by atoms with van der Waals surface area (Å²) in [5.74, 6) is 0.699. The molecule has 0 saturated carbocycles. The molecule has 2 saturated heterocycles. The van der Waals surface area contributed by atoms with Crippen molar-refractivity contribution in [2.24, 2.45) is 7.05 Å². The second-order valence-electron chi connectivity index (χ2n) is 7.80. The van der Waals surface area contributed by atoms with E-state index in [2.05, 4.69) is 17.9 Å². The van der Waals surface area contributed by atoms with E-state index in [0.29, 0.717) is 21.3 Å². The van der Waals surface area contributed by atoms with Gasteiger partial charge >= 0.3 is 0 Å². The van der Waals surface area contributed by atoms with E-state index in [1.165, 1.54) is 18.2 Å². The predicted octanol–water partition coefficient (Wildman–Crippen LogP) is 3.95. The fraction of sp³-hybridized carbons (Fsp3) is 0.545. The van der Waals surface area contributed by atoms with Crippen LogP contribution in [0.2, 0.25) is 0 Å². The van der Waals surface area contributed by atoms with E-state index >= 15 is 0 Å². The van der Waals surface area contributed by atoms with Crippen molar-refractivity contribution in [2.75, 3.05) is 24.5 Å². The second kappa shape index (κ2) is 9.80. The first-order chi connectivity index (χ1) is 14.4. The van der Waals surface area contributed by atoms with E-state index in [1.54, 1.807) is 23.4 Å². The van der Waals surface area contributed by atoms with Gasteiger partial charge in [-0.25, -0.2) is 0 Å². The number of amides is 1. The average Bonchev–Trinajstić information content (AvgIpc) is 3.01. The molecule has 0 bridgehead atoms. The molecule has 0 aromatic carbocycles. The molecule has 0 unspecified atom stereocenters. The summed E-state index contributed by atoms with van der Waals surface area (Å²) in [7, 11) is 1.71. The van der Waals surface area contributed by atoms with Crippen LogP contribution in [-0.2, 0) is 11.8 Å². The average molecular weight is 445 g/mol. The summed E-state index contributed by atoms with van der Waals surface area (Å²) in [6.45, 7) is 6.27. The Hall–Kier alpha value is -2.11. The van der Waals surface area contributed by atoms with Crippen LogP contribution in [0.1, 0.15) is 62.1 Å². The first-order valence-electron chi connectivity index (χ1n) is 10.5. The number of nitrogens with zero attached hydrogens (tertiary/aromatic N) is 4. The monoisotopic (exact) mass is 444 g/mol. The van der Waals surface area contributed by atoms with Gasteiger partial charge in [0.15, 0.2) is 0 Å². The standard InChI is InChI=1S/C22H28N4O2S2/c1-4-5-7-12-26-21(28)18(30-22(26)29)13-16-15(2)17(14-23)20(27)24(3)19(16)25-10-8-6-9-11-25/h13H,4-12H2,1-3H3/b18-13+. The van der Waals surface area contributed by atoms with E-state index in [9.17, 15) is 14.9 Å². The number of anilines is 1. The van der Waals surface area contributed by atoms with Crippen LogP contribution < -0.4 is 10.5 Å². The Morgan fingerprint density at radius 2 is 1.90 bits per heavy atom. The zero-order chi connectivity index (χ0) is 21.8. The number of piperidine rings is 1. The number of rotatable bonds is 6. The van der Waals surface area contributed by atoms with Crippen LogP contribution in [0, 0.1) is 18.3 Å². The molecular weight excluding hydrogens is 416 g/mol. The molecule has 2 fully saturated rings. The molecular formula is C22H28N4O2S2. The number of thiocarbonyl (C=S) groups is 1. The third-order valence-electron chi connectivity index (χ3n) is 5.76. The number of aromatic nitrogens is 1. The SMILES string of the molecule is CCCCCN1C(=O)/C(=C\c2c(C)c(C#N)c(=O)n(C)c2N2CCCCC2)SC1=S. The third kappa shape index (κ3) is 4.33. The van der Waals surface area contributed by atoms with E-state index in [-0.39, 0.29) is 17.0 Å². The minimum atomic E-state index is -0.292. The van der Waals surface area contributed by atoms with Gasteiger partial charge in [0, 0.05) is 32.2 Å². The van der Waals surface area contributed by atoms with Crippen molar-refractivity contribution in [1.29, 1.82) is 5.26 Å². The van der Waals surface area contributed by atoms with Gasteiger partial charge in [-0.3, -0.25) is 19.1 Å². The number of thioether (sulfide) groups is 1. The molecule has 2 aliphatic heterocycles. The normalized spacial score (nSPS) is 18.4. The lowest BCUT2D eigenvalue weighted by Gasteiger charge is -2.32. The Morgan fingerprint density at radius 3 is 2.53 bits per heavy atom. The van der Waals surface area contributed by atoms with Gasteiger partial charge < -0.3 is 4.90 Å². The first-order valence-corrected chi connectivity index (χ1v) is 11.8. The lowest BCUT2D eigenvalue weighted by Crippen LogP contribution is -2.36. The van der Waals surface area contributed by atoms with Crippen molar-refractivity contribution >= 4 is 46.1 Å². The summed E-state index contributed by atoms with van der Waals surface area (Å²) in [5, 5.41) is 9.57. The summed E-state index contributed by atoms with van der Waals surface area (Å²) in [6, 6.07) is 2.05. The minimum Gasteiger partial charge on any atom is -0.357 e. The number of carbonyl (C=O) groups is 1. The molecule has 3 rings (SSSR count). The highest BCUT2D eigenvalue weighted by atomic mass is 32.2. The van der Waals surface area contributed by atoms with E-state index < -0.39 is 0 Å². The summed E-state index contributed by atoms with van der Waals surface area (Å²) in [6.07, 6.45) is 8.19. The second-order valence-corrected chi connectivity index (χ2v) is 9.48. The van der Waals surface area contributed by atoms with Crippen molar-refractivity contribution in [1.82, 2.24) is 9.47 Å². The zero-order valence-electron chi connectivity index (χ0n) is 17.9. The number of unbranched alkanes of at least 4 members (excludes halogenated alkanes) is 2. The molecule has 0 spiro atoms. The van der Waals surface area contributed by atoms with Gasteiger partial charge in [0.05, 0.1) is 4.91 Å². The molecule has 2 aliphatic rings. The molecule has 1 aromatic heterocycles. The van der Waals surface area contributed by atoms with Crippen molar-refractivity contribution in [3.05, 3.63) is 31.9 Å². The lowest BCUT2D eigenvalue weighted by molar-refractivity contribution is -0.122. The fourth-order valence-electron chi connectivity index (χ4n) is 4.04. The molecule has 1 amide bonds. The van der Waals surface area contributed by atoms with Crippen LogP contribution in [-0.4, -0.2) is 39.3 Å². The Bertz CT molecular complexity index is 984. The summed E-state index contributed by atoms with van der Waals surface area (Å²) < 4.78 is 2.13. The van der Waals surface area contributed by atoms with Crippen LogP contribution >= 0.6 is 24.0 Å². The maximum absolute atomic E-state index is 13.0. The molecule has 8 heteroatoms. The van der Waals surface area contributed by atoms with Gasteiger partial charge in [-0.1, -0.05) is 43.7 Å². The Kier molecular flexibility index (Phi) is 7.37. The highest BCUT2D eigenvalue weighted by Crippen LogP contribution is 2.36. The minimum absolute atomic E-state index is 0.0857. The fourth-order valence-corrected chi connectivity index (χ4v) is 5.33. The van der Waals surface area contributed by atoms with E-state index in [1.807, 2.05) is 6.08 Å². The van der Waals surface area contributed by atoms with Gasteiger partial charge in [0.2, 0.25) is 0 Å². The summed E-state index contributed by atoms with van der Waals surface area (Å²) >= 11 is 6.76. The number of hydrogen-bond donors (Lipinski definition) is 0. The summed E-state index contributed by atoms with van der Waals surface area (Å²) in [4.78, 5) is 30.2. The highest BCUT2D eigenvalue weighted by Gasteiger charge is 2.32. The quantitative estimate of drug-likeness (QED) is 0.376. The molecule has 0 N–H and O–H groups in total. The van der Waals surface area contributed by atoms with E-state index in [4.69, 9.17) is 12.2 Å². The first kappa shape index (κ1) is 22.6. The van der Waals surface area contributed by atoms with Crippen LogP contribution in [0.25, 0.3) is 6.08 Å². The maximum Gasteiger partial charge on any atom is 0.270 e. The van der Waals surface area contributed by atoms with Crippen molar-refractivity contribution in [2.45, 2.75) is 52.4 Å². The predicted molar refractivity (Wildman–Crippen MR) is 127 cm³/mol. The Balaban J connectivity index is 2.07. The van der Waals surface area contributed by atoms with Gasteiger partial charge in [0.1, 0.15) is 21.8 Å². The Morgan fingerprint density at radius 1 is 1.20 bits per heavy atom.